The summed E-state index contributed by atoms with van der Waals surface area (Å²) in [4.78, 5) is 104. The topological polar surface area (TPSA) is 235 Å². The Balaban J connectivity index is 1.21. The Morgan fingerprint density at radius 3 is 1.38 bits per heavy atom. The molecule has 0 spiro atoms. The predicted octanol–water partition coefficient (Wildman–Crippen LogP) is 10.1. The molecule has 4 aromatic carbocycles. The lowest BCUT2D eigenvalue weighted by atomic mass is 9.91. The number of ether oxygens (including phenoxy) is 2. The van der Waals surface area contributed by atoms with E-state index in [1.165, 1.54) is 88.4 Å². The first-order chi connectivity index (χ1) is 39.6. The standard InChI is InChI=1S/C57H52F9N9O9/c1-5-83-49(78)45-33(3)74(41-13-7-11-39(27-41)55(58,59)60)53(81)72(47(45)37-21-17-35(29-67)18-22-37)31-43(76)15-9-25-69-52(71-51(80)57(64,65)66)70-26-10-16-44(77)32-73-48(38-23-19-36(30-68)20-24-38)46(50(79)84-6-2)34(4)75(54(73)82)42-14-8-12-40(28-42)56(61,62)63/h7-8,11-14,17-24,27-28,47-48H,5-6,9-10,15-16,25-26,31-32H2,1-4H3,(H2,69,70,71,80)/t47-,48-/m1/s1. The number of nitrogens with zero attached hydrogens (tertiary/aromatic N) is 7. The summed E-state index contributed by atoms with van der Waals surface area (Å²) in [5.74, 6) is -6.66. The Hall–Kier alpha value is -9.53. The second-order valence-corrected chi connectivity index (χ2v) is 18.7. The third-order valence-corrected chi connectivity index (χ3v) is 13.1. The van der Waals surface area contributed by atoms with Crippen molar-refractivity contribution >= 4 is 58.8 Å². The maximum Gasteiger partial charge on any atom is 0.471 e. The van der Waals surface area contributed by atoms with Crippen LogP contribution in [0.5, 0.6) is 0 Å². The number of ketones is 2. The fourth-order valence-electron chi connectivity index (χ4n) is 9.21. The van der Waals surface area contributed by atoms with Gasteiger partial charge in [0.1, 0.15) is 0 Å². The molecule has 4 aromatic rings. The number of esters is 2. The Kier molecular flexibility index (Phi) is 20.5. The van der Waals surface area contributed by atoms with Crippen LogP contribution in [0.3, 0.4) is 0 Å². The van der Waals surface area contributed by atoms with Gasteiger partial charge in [0.2, 0.25) is 0 Å². The van der Waals surface area contributed by atoms with E-state index in [0.717, 1.165) is 43.9 Å². The maximum atomic E-state index is 14.5. The minimum Gasteiger partial charge on any atom is -0.463 e. The molecular formula is C57H52F9N9O9. The van der Waals surface area contributed by atoms with E-state index >= 15 is 0 Å². The number of carbonyl (C=O) groups is 7. The van der Waals surface area contributed by atoms with Crippen LogP contribution in [0.25, 0.3) is 0 Å². The van der Waals surface area contributed by atoms with Gasteiger partial charge in [0, 0.05) is 37.3 Å². The SMILES string of the molecule is CCOC(=O)C1=C(C)N(c2cccc(C(F)(F)F)c2)C(=O)N(CC(=O)CCCN=C(NCCCC(=O)CN2C(=O)N(c3cccc(C(F)(F)F)c3)C(C)=C(C(=O)OCC)[C@H]2c2ccc(C#N)cc2)NC(=O)C(F)(F)F)[C@@H]1c1ccc(C#N)cc1. The van der Waals surface area contributed by atoms with Crippen molar-refractivity contribution in [1.29, 1.82) is 10.5 Å². The van der Waals surface area contributed by atoms with Crippen molar-refractivity contribution < 1.29 is 82.5 Å². The lowest BCUT2D eigenvalue weighted by Crippen LogP contribution is -2.52. The van der Waals surface area contributed by atoms with Crippen LogP contribution in [-0.4, -0.2) is 103 Å². The van der Waals surface area contributed by atoms with Gasteiger partial charge in [-0.3, -0.25) is 34.5 Å². The summed E-state index contributed by atoms with van der Waals surface area (Å²) in [5.41, 5.74) is -2.91. The van der Waals surface area contributed by atoms with E-state index in [1.54, 1.807) is 5.32 Å². The largest absolute Gasteiger partial charge is 0.471 e. The summed E-state index contributed by atoms with van der Waals surface area (Å²) >= 11 is 0. The molecule has 0 saturated heterocycles. The molecule has 0 unspecified atom stereocenters. The first-order valence-electron chi connectivity index (χ1n) is 25.7. The van der Waals surface area contributed by atoms with Gasteiger partial charge in [-0.15, -0.1) is 0 Å². The van der Waals surface area contributed by atoms with Gasteiger partial charge >= 0.3 is 48.4 Å². The molecule has 2 aliphatic rings. The minimum atomic E-state index is -5.43. The smallest absolute Gasteiger partial charge is 0.463 e. The minimum absolute atomic E-state index is 0.136. The third-order valence-electron chi connectivity index (χ3n) is 13.1. The summed E-state index contributed by atoms with van der Waals surface area (Å²) < 4.78 is 135. The van der Waals surface area contributed by atoms with Gasteiger partial charge in [-0.05, 0) is 112 Å². The van der Waals surface area contributed by atoms with Gasteiger partial charge < -0.3 is 24.6 Å². The number of benzene rings is 4. The highest BCUT2D eigenvalue weighted by Gasteiger charge is 2.46. The van der Waals surface area contributed by atoms with E-state index in [9.17, 15) is 83.6 Å². The zero-order valence-corrected chi connectivity index (χ0v) is 45.2. The van der Waals surface area contributed by atoms with Gasteiger partial charge in [0.15, 0.2) is 17.5 Å². The number of hydrogen-bond acceptors (Lipinski definition) is 12. The third kappa shape index (κ3) is 15.1. The van der Waals surface area contributed by atoms with Crippen LogP contribution in [0.1, 0.15) is 98.8 Å². The average molecular weight is 1180 g/mol. The monoisotopic (exact) mass is 1180 g/mol. The van der Waals surface area contributed by atoms with Crippen molar-refractivity contribution in [2.45, 2.75) is 84.0 Å². The van der Waals surface area contributed by atoms with Gasteiger partial charge in [-0.1, -0.05) is 36.4 Å². The molecule has 442 valence electrons. The second-order valence-electron chi connectivity index (χ2n) is 18.7. The van der Waals surface area contributed by atoms with Crippen molar-refractivity contribution in [3.05, 3.63) is 153 Å². The number of anilines is 2. The number of rotatable bonds is 20. The fraction of sp³-hybridized carbons (Fsp3) is 0.333. The van der Waals surface area contributed by atoms with Crippen LogP contribution in [0.15, 0.2) is 125 Å². The number of halogens is 9. The van der Waals surface area contributed by atoms with E-state index in [4.69, 9.17) is 9.47 Å². The molecular weight excluding hydrogens is 1130 g/mol. The first-order valence-corrected chi connectivity index (χ1v) is 25.7. The van der Waals surface area contributed by atoms with Gasteiger partial charge in [0.05, 0.1) is 95.3 Å². The summed E-state index contributed by atoms with van der Waals surface area (Å²) in [7, 11) is 0. The number of carbonyl (C=O) groups excluding carboxylic acids is 7. The number of amides is 5. The van der Waals surface area contributed by atoms with Crippen molar-refractivity contribution in [2.75, 3.05) is 49.2 Å². The van der Waals surface area contributed by atoms with Crippen LogP contribution in [-0.2, 0) is 45.8 Å². The maximum absolute atomic E-state index is 14.5. The summed E-state index contributed by atoms with van der Waals surface area (Å²) in [6.07, 6.45) is -16.5. The molecule has 2 aliphatic heterocycles. The van der Waals surface area contributed by atoms with Gasteiger partial charge in [-0.2, -0.15) is 50.0 Å². The van der Waals surface area contributed by atoms with E-state index in [2.05, 4.69) is 10.3 Å². The normalized spacial score (nSPS) is 16.1. The Bertz CT molecular complexity index is 3360. The van der Waals surface area contributed by atoms with Crippen molar-refractivity contribution in [3.8, 4) is 12.1 Å². The number of allylic oxidation sites excluding steroid dienone is 2. The molecule has 0 fully saturated rings. The number of guanidine groups is 1. The average Bonchev–Trinajstić information content (AvgIpc) is 1.11. The van der Waals surface area contributed by atoms with E-state index in [-0.39, 0.29) is 88.8 Å². The van der Waals surface area contributed by atoms with E-state index in [1.807, 2.05) is 12.1 Å². The molecule has 0 aliphatic carbocycles. The Morgan fingerprint density at radius 2 is 1.01 bits per heavy atom. The molecule has 0 saturated carbocycles. The molecule has 6 rings (SSSR count). The number of nitriles is 2. The van der Waals surface area contributed by atoms with Gasteiger partial charge in [0.25, 0.3) is 0 Å². The number of Topliss-reactive ketones (excluding diaryl/α,β-unsaturated/α-hetero) is 2. The van der Waals surface area contributed by atoms with Crippen molar-refractivity contribution in [1.82, 2.24) is 20.4 Å². The predicted molar refractivity (Wildman–Crippen MR) is 281 cm³/mol. The molecule has 2 N–H and O–H groups in total. The highest BCUT2D eigenvalue weighted by Crippen LogP contribution is 2.44. The first kappa shape index (κ1) is 63.6. The molecule has 18 nitrogen and oxygen atoms in total. The fourth-order valence-corrected chi connectivity index (χ4v) is 9.21. The quantitative estimate of drug-likeness (QED) is 0.0277. The summed E-state index contributed by atoms with van der Waals surface area (Å²) in [6, 6.07) is 17.4. The summed E-state index contributed by atoms with van der Waals surface area (Å²) in [6.45, 7) is 2.78. The number of nitrogens with one attached hydrogen (secondary N) is 2. The highest BCUT2D eigenvalue weighted by molar-refractivity contribution is 6.06. The van der Waals surface area contributed by atoms with Gasteiger partial charge in [-0.25, -0.2) is 19.2 Å². The lowest BCUT2D eigenvalue weighted by molar-refractivity contribution is -0.171. The second kappa shape index (κ2) is 27.0. The molecule has 5 amide bonds. The molecule has 0 bridgehead atoms. The summed E-state index contributed by atoms with van der Waals surface area (Å²) in [5, 5.41) is 23.0. The van der Waals surface area contributed by atoms with Crippen LogP contribution in [0.2, 0.25) is 0 Å². The van der Waals surface area contributed by atoms with Crippen LogP contribution >= 0.6 is 0 Å². The number of alkyl halides is 9. The molecule has 0 aromatic heterocycles. The highest BCUT2D eigenvalue weighted by atomic mass is 19.4. The molecule has 2 heterocycles. The number of aliphatic imine (C=N–C) groups is 1. The lowest BCUT2D eigenvalue weighted by Gasteiger charge is -2.42. The van der Waals surface area contributed by atoms with Crippen LogP contribution in [0, 0.1) is 22.7 Å². The van der Waals surface area contributed by atoms with Crippen molar-refractivity contribution in [2.24, 2.45) is 4.99 Å². The Morgan fingerprint density at radius 1 is 0.607 bits per heavy atom. The van der Waals surface area contributed by atoms with Crippen LogP contribution < -0.4 is 20.4 Å². The van der Waals surface area contributed by atoms with E-state index < -0.39 is 122 Å². The van der Waals surface area contributed by atoms with E-state index in [0.29, 0.717) is 12.1 Å². The number of hydrogen-bond donors (Lipinski definition) is 2. The zero-order chi connectivity index (χ0) is 61.8. The molecule has 0 radical (unpaired) electrons. The Labute approximate surface area is 474 Å². The molecule has 2 atom stereocenters. The molecule has 84 heavy (non-hydrogen) atoms. The van der Waals surface area contributed by atoms with Crippen LogP contribution in [0.4, 0.5) is 60.5 Å². The number of urea groups is 2. The zero-order valence-electron chi connectivity index (χ0n) is 45.2. The molecule has 27 heteroatoms. The van der Waals surface area contributed by atoms with Crippen molar-refractivity contribution in [3.63, 3.8) is 0 Å².